The average molecular weight is 475 g/mol. The molecule has 0 amide bonds. The molecule has 35 heavy (non-hydrogen) atoms. The molecule has 0 radical (unpaired) electrons. The zero-order valence-electron chi connectivity index (χ0n) is 19.5. The van der Waals surface area contributed by atoms with Gasteiger partial charge in [0.15, 0.2) is 17.3 Å². The minimum atomic E-state index is -0.775. The molecule has 0 aliphatic rings. The van der Waals surface area contributed by atoms with Crippen molar-refractivity contribution in [3.8, 4) is 23.4 Å². The summed E-state index contributed by atoms with van der Waals surface area (Å²) >= 11 is 0. The Hall–Kier alpha value is -4.25. The van der Waals surface area contributed by atoms with Gasteiger partial charge < -0.3 is 9.47 Å². The number of fused-ring (bicyclic) bond motifs is 1. The van der Waals surface area contributed by atoms with Gasteiger partial charge in [-0.3, -0.25) is 4.57 Å². The summed E-state index contributed by atoms with van der Waals surface area (Å²) < 4.78 is 41.7. The second-order valence-electron chi connectivity index (χ2n) is 7.85. The van der Waals surface area contributed by atoms with Gasteiger partial charge in [-0.25, -0.2) is 18.7 Å². The van der Waals surface area contributed by atoms with Crippen molar-refractivity contribution >= 4 is 23.2 Å². The van der Waals surface area contributed by atoms with Crippen LogP contribution in [0.5, 0.6) is 11.5 Å². The summed E-state index contributed by atoms with van der Waals surface area (Å²) in [7, 11) is 1.58. The zero-order chi connectivity index (χ0) is 24.8. The van der Waals surface area contributed by atoms with Gasteiger partial charge in [0, 0.05) is 23.9 Å². The molecule has 0 aliphatic carbocycles. The second kappa shape index (κ2) is 10.8. The van der Waals surface area contributed by atoms with Gasteiger partial charge in [-0.2, -0.15) is 5.26 Å². The van der Waals surface area contributed by atoms with Crippen LogP contribution >= 0.6 is 0 Å². The molecule has 178 valence electrons. The summed E-state index contributed by atoms with van der Waals surface area (Å²) in [4.78, 5) is 8.70. The van der Waals surface area contributed by atoms with E-state index in [1.54, 1.807) is 36.0 Å². The lowest BCUT2D eigenvalue weighted by Crippen LogP contribution is -2.01. The highest BCUT2D eigenvalue weighted by Crippen LogP contribution is 2.33. The van der Waals surface area contributed by atoms with Crippen molar-refractivity contribution in [2.75, 3.05) is 13.7 Å². The minimum absolute atomic E-state index is 0.0129. The van der Waals surface area contributed by atoms with Gasteiger partial charge in [0.1, 0.15) is 29.0 Å². The normalized spacial score (nSPS) is 11.2. The van der Waals surface area contributed by atoms with Gasteiger partial charge in [-0.1, -0.05) is 31.9 Å². The van der Waals surface area contributed by atoms with Crippen LogP contribution < -0.4 is 9.47 Å². The Morgan fingerprint density at radius 1 is 1.11 bits per heavy atom. The predicted molar refractivity (Wildman–Crippen MR) is 130 cm³/mol. The second-order valence-corrected chi connectivity index (χ2v) is 7.85. The standard InChI is InChI=1S/C27H24F2N4O2/c1-3-4-5-13-35-27-19(7-6-8-23(27)34-2)10-12-25-32-26-21(29)14-20(28)15-22(26)33(25)24-11-9-18(16-30)17-31-24/h6-12,14-15,17H,3-5,13H2,1-2H3. The molecule has 0 aliphatic heterocycles. The highest BCUT2D eigenvalue weighted by molar-refractivity contribution is 5.83. The van der Waals surface area contributed by atoms with E-state index in [2.05, 4.69) is 16.9 Å². The Labute approximate surface area is 202 Å². The first-order chi connectivity index (χ1) is 17.0. The highest BCUT2D eigenvalue weighted by Gasteiger charge is 2.17. The molecule has 4 rings (SSSR count). The number of methoxy groups -OCH3 is 1. The molecular formula is C27H24F2N4O2. The maximum absolute atomic E-state index is 14.6. The number of para-hydroxylation sites is 1. The van der Waals surface area contributed by atoms with Crippen LogP contribution in [0.15, 0.2) is 48.7 Å². The number of benzene rings is 2. The van der Waals surface area contributed by atoms with Crippen LogP contribution in [-0.4, -0.2) is 28.3 Å². The molecule has 0 bridgehead atoms. The molecule has 8 heteroatoms. The average Bonchev–Trinajstić information content (AvgIpc) is 3.24. The smallest absolute Gasteiger partial charge is 0.168 e. The third kappa shape index (κ3) is 5.14. The van der Waals surface area contributed by atoms with Crippen LogP contribution in [0.4, 0.5) is 8.78 Å². The van der Waals surface area contributed by atoms with E-state index in [4.69, 9.17) is 14.7 Å². The van der Waals surface area contributed by atoms with Gasteiger partial charge in [0.2, 0.25) is 0 Å². The summed E-state index contributed by atoms with van der Waals surface area (Å²) in [6.45, 7) is 2.67. The first kappa shape index (κ1) is 23.9. The van der Waals surface area contributed by atoms with E-state index in [1.807, 2.05) is 24.3 Å². The first-order valence-corrected chi connectivity index (χ1v) is 11.3. The van der Waals surface area contributed by atoms with E-state index in [-0.39, 0.29) is 11.0 Å². The lowest BCUT2D eigenvalue weighted by Gasteiger charge is -2.13. The van der Waals surface area contributed by atoms with Crippen molar-refractivity contribution in [2.24, 2.45) is 0 Å². The van der Waals surface area contributed by atoms with Gasteiger partial charge in [-0.15, -0.1) is 0 Å². The van der Waals surface area contributed by atoms with Crippen molar-refractivity contribution in [1.82, 2.24) is 14.5 Å². The summed E-state index contributed by atoms with van der Waals surface area (Å²) in [5, 5.41) is 9.09. The van der Waals surface area contributed by atoms with E-state index in [9.17, 15) is 8.78 Å². The molecule has 0 N–H and O–H groups in total. The van der Waals surface area contributed by atoms with E-state index in [0.29, 0.717) is 35.3 Å². The topological polar surface area (TPSA) is 73.0 Å². The number of ether oxygens (including phenoxy) is 2. The Morgan fingerprint density at radius 3 is 2.69 bits per heavy atom. The molecule has 0 atom stereocenters. The number of rotatable bonds is 9. The lowest BCUT2D eigenvalue weighted by molar-refractivity contribution is 0.285. The Morgan fingerprint density at radius 2 is 1.97 bits per heavy atom. The fourth-order valence-electron chi connectivity index (χ4n) is 3.73. The molecule has 0 fully saturated rings. The molecule has 2 heterocycles. The van der Waals surface area contributed by atoms with Crippen molar-refractivity contribution in [3.63, 3.8) is 0 Å². The third-order valence-electron chi connectivity index (χ3n) is 5.45. The summed E-state index contributed by atoms with van der Waals surface area (Å²) in [6.07, 6.45) is 7.93. The maximum atomic E-state index is 14.6. The molecule has 6 nitrogen and oxygen atoms in total. The van der Waals surface area contributed by atoms with Crippen LogP contribution in [0.2, 0.25) is 0 Å². The van der Waals surface area contributed by atoms with Gasteiger partial charge in [0.25, 0.3) is 0 Å². The molecule has 2 aromatic carbocycles. The minimum Gasteiger partial charge on any atom is -0.493 e. The largest absolute Gasteiger partial charge is 0.493 e. The number of nitriles is 1. The molecule has 0 unspecified atom stereocenters. The Bertz CT molecular complexity index is 1410. The monoisotopic (exact) mass is 474 g/mol. The summed E-state index contributed by atoms with van der Waals surface area (Å²) in [5.41, 5.74) is 1.35. The Balaban J connectivity index is 1.80. The molecule has 4 aromatic rings. The van der Waals surface area contributed by atoms with E-state index >= 15 is 0 Å². The number of pyridine rings is 1. The lowest BCUT2D eigenvalue weighted by atomic mass is 10.1. The van der Waals surface area contributed by atoms with Crippen LogP contribution in [-0.2, 0) is 0 Å². The maximum Gasteiger partial charge on any atom is 0.168 e. The van der Waals surface area contributed by atoms with Crippen molar-refractivity contribution < 1.29 is 18.3 Å². The van der Waals surface area contributed by atoms with Crippen molar-refractivity contribution in [3.05, 3.63) is 77.2 Å². The van der Waals surface area contributed by atoms with E-state index in [0.717, 1.165) is 30.9 Å². The number of unbranched alkanes of at least 4 members (excludes halogenated alkanes) is 2. The van der Waals surface area contributed by atoms with E-state index < -0.39 is 11.6 Å². The number of nitrogens with zero attached hydrogens (tertiary/aromatic N) is 4. The molecule has 0 saturated carbocycles. The number of hydrogen-bond acceptors (Lipinski definition) is 5. The van der Waals surface area contributed by atoms with Crippen molar-refractivity contribution in [2.45, 2.75) is 26.2 Å². The SMILES string of the molecule is CCCCCOc1c(C=Cc2nc3c(F)cc(F)cc3n2-c2ccc(C#N)cn2)cccc1OC. The third-order valence-corrected chi connectivity index (χ3v) is 5.45. The summed E-state index contributed by atoms with van der Waals surface area (Å²) in [5.74, 6) is 0.399. The van der Waals surface area contributed by atoms with Crippen LogP contribution in [0.3, 0.4) is 0 Å². The fraction of sp³-hybridized carbons (Fsp3) is 0.222. The quantitative estimate of drug-likeness (QED) is 0.266. The first-order valence-electron chi connectivity index (χ1n) is 11.3. The number of imidazole rings is 1. The van der Waals surface area contributed by atoms with Crippen LogP contribution in [0.1, 0.15) is 43.1 Å². The molecular weight excluding hydrogens is 450 g/mol. The number of hydrogen-bond donors (Lipinski definition) is 0. The summed E-state index contributed by atoms with van der Waals surface area (Å²) in [6, 6.07) is 12.7. The van der Waals surface area contributed by atoms with Crippen LogP contribution in [0, 0.1) is 23.0 Å². The van der Waals surface area contributed by atoms with Gasteiger partial charge >= 0.3 is 0 Å². The molecule has 0 saturated heterocycles. The van der Waals surface area contributed by atoms with Gasteiger partial charge in [-0.05, 0) is 36.8 Å². The zero-order valence-corrected chi connectivity index (χ0v) is 19.5. The molecule has 0 spiro atoms. The van der Waals surface area contributed by atoms with Crippen molar-refractivity contribution in [1.29, 1.82) is 5.26 Å². The predicted octanol–water partition coefficient (Wildman–Crippen LogP) is 6.32. The fourth-order valence-corrected chi connectivity index (χ4v) is 3.73. The number of aromatic nitrogens is 3. The Kier molecular flexibility index (Phi) is 7.36. The van der Waals surface area contributed by atoms with E-state index in [1.165, 1.54) is 12.3 Å². The van der Waals surface area contributed by atoms with Gasteiger partial charge in [0.05, 0.1) is 24.8 Å². The highest BCUT2D eigenvalue weighted by atomic mass is 19.1. The number of halogens is 2. The molecule has 2 aromatic heterocycles. The van der Waals surface area contributed by atoms with Crippen LogP contribution in [0.25, 0.3) is 29.0 Å².